The minimum Gasteiger partial charge on any atom is -0.379 e. The molecular weight excluding hydrogens is 289 g/mol. The number of ether oxygens (including phenoxy) is 1. The first-order valence-corrected chi connectivity index (χ1v) is 7.87. The molecule has 21 heavy (non-hydrogen) atoms. The van der Waals surface area contributed by atoms with Crippen LogP contribution in [0.1, 0.15) is 39.7 Å². The SMILES string of the molecule is CCCNC(Cc1cc(F)ccc1Cl)C(OC)C(C)(C)C. The number of nitrogens with one attached hydrogen (secondary N) is 1. The Hall–Kier alpha value is -0.640. The molecule has 0 spiro atoms. The Morgan fingerprint density at radius 3 is 2.52 bits per heavy atom. The van der Waals surface area contributed by atoms with Gasteiger partial charge in [0.2, 0.25) is 0 Å². The Morgan fingerprint density at radius 2 is 2.00 bits per heavy atom. The molecule has 1 aromatic carbocycles. The second-order valence-corrected chi connectivity index (χ2v) is 6.93. The highest BCUT2D eigenvalue weighted by Crippen LogP contribution is 2.28. The molecular formula is C17H27ClFNO. The number of rotatable bonds is 7. The van der Waals surface area contributed by atoms with Crippen LogP contribution in [0.15, 0.2) is 18.2 Å². The van der Waals surface area contributed by atoms with E-state index in [0.29, 0.717) is 11.4 Å². The first-order chi connectivity index (χ1) is 9.79. The highest BCUT2D eigenvalue weighted by atomic mass is 35.5. The Bertz CT molecular complexity index is 445. The van der Waals surface area contributed by atoms with Crippen molar-refractivity contribution in [3.63, 3.8) is 0 Å². The van der Waals surface area contributed by atoms with Gasteiger partial charge in [0.05, 0.1) is 6.10 Å². The minimum absolute atomic E-state index is 0.0139. The molecule has 2 unspecified atom stereocenters. The van der Waals surface area contributed by atoms with Crippen molar-refractivity contribution >= 4 is 11.6 Å². The molecule has 1 rings (SSSR count). The molecule has 0 aliphatic heterocycles. The van der Waals surface area contributed by atoms with Crippen molar-refractivity contribution in [1.82, 2.24) is 5.32 Å². The fourth-order valence-electron chi connectivity index (χ4n) is 2.67. The first kappa shape index (κ1) is 18.4. The van der Waals surface area contributed by atoms with E-state index in [1.807, 2.05) is 0 Å². The van der Waals surface area contributed by atoms with Gasteiger partial charge in [-0.15, -0.1) is 0 Å². The maximum absolute atomic E-state index is 13.5. The highest BCUT2D eigenvalue weighted by molar-refractivity contribution is 6.31. The van der Waals surface area contributed by atoms with E-state index < -0.39 is 0 Å². The van der Waals surface area contributed by atoms with Crippen LogP contribution in [0, 0.1) is 11.2 Å². The van der Waals surface area contributed by atoms with E-state index in [9.17, 15) is 4.39 Å². The second kappa shape index (κ2) is 8.11. The maximum Gasteiger partial charge on any atom is 0.123 e. The molecule has 0 saturated heterocycles. The van der Waals surface area contributed by atoms with Crippen LogP contribution in [0.25, 0.3) is 0 Å². The number of hydrogen-bond donors (Lipinski definition) is 1. The van der Waals surface area contributed by atoms with Crippen LogP contribution in [-0.2, 0) is 11.2 Å². The Morgan fingerprint density at radius 1 is 1.33 bits per heavy atom. The summed E-state index contributed by atoms with van der Waals surface area (Å²) in [5.41, 5.74) is 0.802. The van der Waals surface area contributed by atoms with Crippen molar-refractivity contribution in [2.45, 2.75) is 52.7 Å². The van der Waals surface area contributed by atoms with Crippen LogP contribution in [0.5, 0.6) is 0 Å². The van der Waals surface area contributed by atoms with Crippen molar-refractivity contribution in [3.05, 3.63) is 34.6 Å². The number of hydrogen-bond acceptors (Lipinski definition) is 2. The molecule has 4 heteroatoms. The van der Waals surface area contributed by atoms with Gasteiger partial charge in [-0.25, -0.2) is 4.39 Å². The van der Waals surface area contributed by atoms with Gasteiger partial charge in [0.25, 0.3) is 0 Å². The zero-order chi connectivity index (χ0) is 16.0. The molecule has 1 N–H and O–H groups in total. The predicted octanol–water partition coefficient (Wildman–Crippen LogP) is 4.45. The average Bonchev–Trinajstić information content (AvgIpc) is 2.39. The monoisotopic (exact) mass is 315 g/mol. The molecule has 0 aromatic heterocycles. The number of halogens is 2. The van der Waals surface area contributed by atoms with E-state index in [-0.39, 0.29) is 23.4 Å². The third-order valence-electron chi connectivity index (χ3n) is 3.58. The van der Waals surface area contributed by atoms with E-state index in [0.717, 1.165) is 18.5 Å². The Kier molecular flexibility index (Phi) is 7.11. The van der Waals surface area contributed by atoms with Gasteiger partial charge in [0.15, 0.2) is 0 Å². The standard InChI is InChI=1S/C17H27ClFNO/c1-6-9-20-15(16(21-5)17(2,3)4)11-12-10-13(19)7-8-14(12)18/h7-8,10,15-16,20H,6,9,11H2,1-5H3. The van der Waals surface area contributed by atoms with E-state index in [2.05, 4.69) is 33.0 Å². The third-order valence-corrected chi connectivity index (χ3v) is 3.95. The summed E-state index contributed by atoms with van der Waals surface area (Å²) in [7, 11) is 1.73. The fraction of sp³-hybridized carbons (Fsp3) is 0.647. The Balaban J connectivity index is 2.99. The van der Waals surface area contributed by atoms with Crippen LogP contribution < -0.4 is 5.32 Å². The van der Waals surface area contributed by atoms with Crippen molar-refractivity contribution in [2.24, 2.45) is 5.41 Å². The van der Waals surface area contributed by atoms with Crippen molar-refractivity contribution in [3.8, 4) is 0 Å². The molecule has 0 fully saturated rings. The molecule has 0 aliphatic carbocycles. The molecule has 0 amide bonds. The van der Waals surface area contributed by atoms with Gasteiger partial charge in [-0.3, -0.25) is 0 Å². The largest absolute Gasteiger partial charge is 0.379 e. The van der Waals surface area contributed by atoms with Gasteiger partial charge in [0.1, 0.15) is 5.82 Å². The quantitative estimate of drug-likeness (QED) is 0.802. The molecule has 120 valence electrons. The summed E-state index contributed by atoms with van der Waals surface area (Å²) in [4.78, 5) is 0. The van der Waals surface area contributed by atoms with Gasteiger partial charge in [0, 0.05) is 18.2 Å². The van der Waals surface area contributed by atoms with Gasteiger partial charge in [-0.2, -0.15) is 0 Å². The second-order valence-electron chi connectivity index (χ2n) is 6.52. The third kappa shape index (κ3) is 5.57. The normalized spacial score (nSPS) is 15.0. The summed E-state index contributed by atoms with van der Waals surface area (Å²) >= 11 is 6.20. The summed E-state index contributed by atoms with van der Waals surface area (Å²) in [5.74, 6) is -0.256. The van der Waals surface area contributed by atoms with Gasteiger partial charge in [-0.1, -0.05) is 39.3 Å². The van der Waals surface area contributed by atoms with Crippen LogP contribution >= 0.6 is 11.6 Å². The molecule has 2 atom stereocenters. The summed E-state index contributed by atoms with van der Waals surface area (Å²) < 4.78 is 19.2. The van der Waals surface area contributed by atoms with E-state index in [4.69, 9.17) is 16.3 Å². The number of benzene rings is 1. The highest BCUT2D eigenvalue weighted by Gasteiger charge is 2.32. The van der Waals surface area contributed by atoms with Gasteiger partial charge in [-0.05, 0) is 48.6 Å². The maximum atomic E-state index is 13.5. The van der Waals surface area contributed by atoms with Gasteiger partial charge < -0.3 is 10.1 Å². The van der Waals surface area contributed by atoms with Crippen molar-refractivity contribution in [2.75, 3.05) is 13.7 Å². The van der Waals surface area contributed by atoms with Gasteiger partial charge >= 0.3 is 0 Å². The fourth-order valence-corrected chi connectivity index (χ4v) is 2.87. The molecule has 2 nitrogen and oxygen atoms in total. The average molecular weight is 316 g/mol. The van der Waals surface area contributed by atoms with Crippen LogP contribution in [-0.4, -0.2) is 25.8 Å². The molecule has 0 saturated carbocycles. The first-order valence-electron chi connectivity index (χ1n) is 7.49. The summed E-state index contributed by atoms with van der Waals surface area (Å²) in [6, 6.07) is 4.60. The van der Waals surface area contributed by atoms with E-state index >= 15 is 0 Å². The lowest BCUT2D eigenvalue weighted by Crippen LogP contribution is -2.49. The number of methoxy groups -OCH3 is 1. The lowest BCUT2D eigenvalue weighted by molar-refractivity contribution is -0.0109. The summed E-state index contributed by atoms with van der Waals surface area (Å²) in [5, 5.41) is 4.12. The molecule has 1 aromatic rings. The zero-order valence-electron chi connectivity index (χ0n) is 13.7. The van der Waals surface area contributed by atoms with Crippen LogP contribution in [0.2, 0.25) is 5.02 Å². The zero-order valence-corrected chi connectivity index (χ0v) is 14.4. The Labute approximate surface area is 133 Å². The molecule has 0 radical (unpaired) electrons. The lowest BCUT2D eigenvalue weighted by atomic mass is 9.82. The topological polar surface area (TPSA) is 21.3 Å². The van der Waals surface area contributed by atoms with Crippen LogP contribution in [0.3, 0.4) is 0 Å². The van der Waals surface area contributed by atoms with E-state index in [1.54, 1.807) is 13.2 Å². The van der Waals surface area contributed by atoms with Crippen molar-refractivity contribution in [1.29, 1.82) is 0 Å². The molecule has 0 heterocycles. The minimum atomic E-state index is -0.256. The summed E-state index contributed by atoms with van der Waals surface area (Å²) in [6.45, 7) is 9.46. The summed E-state index contributed by atoms with van der Waals surface area (Å²) in [6.07, 6.45) is 1.70. The molecule has 0 aliphatic rings. The smallest absolute Gasteiger partial charge is 0.123 e. The lowest BCUT2D eigenvalue weighted by Gasteiger charge is -2.37. The molecule has 0 bridgehead atoms. The van der Waals surface area contributed by atoms with E-state index in [1.165, 1.54) is 12.1 Å². The van der Waals surface area contributed by atoms with Crippen LogP contribution in [0.4, 0.5) is 4.39 Å². The van der Waals surface area contributed by atoms with Crippen molar-refractivity contribution < 1.29 is 9.13 Å². The predicted molar refractivity (Wildman–Crippen MR) is 87.4 cm³/mol.